The van der Waals surface area contributed by atoms with Gasteiger partial charge in [-0.25, -0.2) is 0 Å². The fourth-order valence-corrected chi connectivity index (χ4v) is 2.92. The molecule has 2 rings (SSSR count). The molecule has 1 N–H and O–H groups in total. The average Bonchev–Trinajstić information content (AvgIpc) is 2.76. The molecule has 0 amide bonds. The first-order chi connectivity index (χ1) is 9.96. The van der Waals surface area contributed by atoms with E-state index in [4.69, 9.17) is 0 Å². The van der Waals surface area contributed by atoms with Gasteiger partial charge in [0.1, 0.15) is 0 Å². The fraction of sp³-hybridized carbons (Fsp3) is 0.562. The van der Waals surface area contributed by atoms with Crippen LogP contribution in [0, 0.1) is 5.41 Å². The van der Waals surface area contributed by atoms with E-state index in [1.54, 1.807) is 13.8 Å². The first kappa shape index (κ1) is 16.6. The molecular weight excluding hydrogens is 295 g/mol. The Balaban J connectivity index is 2.58. The highest BCUT2D eigenvalue weighted by Gasteiger charge is 2.45. The zero-order valence-corrected chi connectivity index (χ0v) is 13.0. The maximum absolute atomic E-state index is 13.0. The van der Waals surface area contributed by atoms with Crippen LogP contribution in [0.15, 0.2) is 18.2 Å². The Morgan fingerprint density at radius 3 is 2.36 bits per heavy atom. The van der Waals surface area contributed by atoms with Gasteiger partial charge in [0.2, 0.25) is 0 Å². The molecule has 1 heterocycles. The third-order valence-electron chi connectivity index (χ3n) is 4.46. The average molecular weight is 315 g/mol. The molecule has 1 unspecified atom stereocenters. The highest BCUT2D eigenvalue weighted by molar-refractivity contribution is 5.77. The van der Waals surface area contributed by atoms with Crippen molar-refractivity contribution in [1.82, 2.24) is 0 Å². The van der Waals surface area contributed by atoms with E-state index in [-0.39, 0.29) is 6.04 Å². The summed E-state index contributed by atoms with van der Waals surface area (Å²) in [6.45, 7) is 7.42. The molecule has 22 heavy (non-hydrogen) atoms. The Hall–Kier alpha value is -1.72. The maximum atomic E-state index is 13.0. The topological polar surface area (TPSA) is 40.5 Å². The van der Waals surface area contributed by atoms with Crippen molar-refractivity contribution in [3.05, 3.63) is 29.3 Å². The number of alkyl halides is 3. The number of carboxylic acid groups (broad SMARTS) is 1. The summed E-state index contributed by atoms with van der Waals surface area (Å²) in [5.41, 5.74) is -0.705. The van der Waals surface area contributed by atoms with Crippen LogP contribution in [0.3, 0.4) is 0 Å². The van der Waals surface area contributed by atoms with E-state index in [9.17, 15) is 23.1 Å². The van der Waals surface area contributed by atoms with Crippen LogP contribution in [0.25, 0.3) is 0 Å². The van der Waals surface area contributed by atoms with Crippen LogP contribution in [-0.2, 0) is 11.0 Å². The number of rotatable bonds is 3. The first-order valence-electron chi connectivity index (χ1n) is 7.17. The minimum atomic E-state index is -4.43. The number of halogens is 3. The van der Waals surface area contributed by atoms with Gasteiger partial charge in [-0.3, -0.25) is 4.79 Å². The van der Waals surface area contributed by atoms with Crippen molar-refractivity contribution >= 4 is 11.7 Å². The second kappa shape index (κ2) is 5.18. The first-order valence-corrected chi connectivity index (χ1v) is 7.17. The van der Waals surface area contributed by atoms with E-state index < -0.39 is 29.0 Å². The van der Waals surface area contributed by atoms with Gasteiger partial charge in [0.25, 0.3) is 0 Å². The summed E-state index contributed by atoms with van der Waals surface area (Å²) < 4.78 is 38.9. The van der Waals surface area contributed by atoms with Gasteiger partial charge < -0.3 is 10.0 Å². The molecule has 0 aliphatic carbocycles. The predicted molar refractivity (Wildman–Crippen MR) is 78.1 cm³/mol. The summed E-state index contributed by atoms with van der Waals surface area (Å²) in [5.74, 6) is -1.49. The van der Waals surface area contributed by atoms with Crippen LogP contribution < -0.4 is 4.90 Å². The number of anilines is 1. The molecule has 0 fully saturated rings. The molecule has 6 heteroatoms. The number of hydrogen-bond donors (Lipinski definition) is 1. The second-order valence-electron chi connectivity index (χ2n) is 6.60. The third-order valence-corrected chi connectivity index (χ3v) is 4.46. The summed E-state index contributed by atoms with van der Waals surface area (Å²) in [4.78, 5) is 13.5. The van der Waals surface area contributed by atoms with E-state index in [1.807, 2.05) is 18.7 Å². The van der Waals surface area contributed by atoms with Crippen LogP contribution in [0.1, 0.15) is 44.7 Å². The van der Waals surface area contributed by atoms with Crippen molar-refractivity contribution in [1.29, 1.82) is 0 Å². The van der Waals surface area contributed by atoms with Gasteiger partial charge in [0, 0.05) is 24.2 Å². The number of carboxylic acids is 1. The van der Waals surface area contributed by atoms with Crippen LogP contribution in [-0.4, -0.2) is 23.7 Å². The zero-order chi connectivity index (χ0) is 16.9. The summed E-state index contributed by atoms with van der Waals surface area (Å²) in [5, 5.41) is 9.44. The zero-order valence-electron chi connectivity index (χ0n) is 13.0. The van der Waals surface area contributed by atoms with Crippen LogP contribution in [0.4, 0.5) is 18.9 Å². The van der Waals surface area contributed by atoms with E-state index in [0.717, 1.165) is 12.1 Å². The summed E-state index contributed by atoms with van der Waals surface area (Å²) >= 11 is 0. The lowest BCUT2D eigenvalue weighted by Crippen LogP contribution is -2.36. The molecule has 0 spiro atoms. The molecule has 0 aromatic heterocycles. The second-order valence-corrected chi connectivity index (χ2v) is 6.60. The standard InChI is InChI=1S/C16H20F3NO2/c1-9(2)20-8-12(15(3,4)14(21)22)11-7-10(16(17,18)19)5-6-13(11)20/h5-7,9,12H,8H2,1-4H3,(H,21,22). The Morgan fingerprint density at radius 1 is 1.32 bits per heavy atom. The van der Waals surface area contributed by atoms with Gasteiger partial charge in [-0.15, -0.1) is 0 Å². The van der Waals surface area contributed by atoms with E-state index >= 15 is 0 Å². The Labute approximate surface area is 127 Å². The highest BCUT2D eigenvalue weighted by atomic mass is 19.4. The quantitative estimate of drug-likeness (QED) is 0.912. The van der Waals surface area contributed by atoms with Crippen LogP contribution in [0.5, 0.6) is 0 Å². The number of carbonyl (C=O) groups is 1. The third kappa shape index (κ3) is 2.66. The fourth-order valence-electron chi connectivity index (χ4n) is 2.92. The Morgan fingerprint density at radius 2 is 1.91 bits per heavy atom. The van der Waals surface area contributed by atoms with Gasteiger partial charge >= 0.3 is 12.1 Å². The smallest absolute Gasteiger partial charge is 0.416 e. The van der Waals surface area contributed by atoms with Crippen molar-refractivity contribution in [3.8, 4) is 0 Å². The molecule has 0 bridgehead atoms. The molecule has 1 atom stereocenters. The molecule has 1 aromatic rings. The Bertz CT molecular complexity index is 594. The molecule has 3 nitrogen and oxygen atoms in total. The number of fused-ring (bicyclic) bond motifs is 1. The SMILES string of the molecule is CC(C)N1CC(C(C)(C)C(=O)O)c2cc(C(F)(F)F)ccc21. The summed E-state index contributed by atoms with van der Waals surface area (Å²) in [7, 11) is 0. The maximum Gasteiger partial charge on any atom is 0.416 e. The Kier molecular flexibility index (Phi) is 3.92. The van der Waals surface area contributed by atoms with Gasteiger partial charge in [0.15, 0.2) is 0 Å². The molecule has 0 radical (unpaired) electrons. The molecule has 1 aromatic carbocycles. The predicted octanol–water partition coefficient (Wildman–Crippen LogP) is 4.13. The number of aliphatic carboxylic acids is 1. The minimum absolute atomic E-state index is 0.0880. The summed E-state index contributed by atoms with van der Waals surface area (Å²) in [6, 6.07) is 3.71. The largest absolute Gasteiger partial charge is 0.481 e. The molecular formula is C16H20F3NO2. The molecule has 1 aliphatic rings. The lowest BCUT2D eigenvalue weighted by Gasteiger charge is -2.29. The van der Waals surface area contributed by atoms with Crippen molar-refractivity contribution in [3.63, 3.8) is 0 Å². The van der Waals surface area contributed by atoms with Crippen molar-refractivity contribution in [2.24, 2.45) is 5.41 Å². The van der Waals surface area contributed by atoms with Crippen LogP contribution >= 0.6 is 0 Å². The molecule has 0 saturated heterocycles. The van der Waals surface area contributed by atoms with Crippen molar-refractivity contribution < 1.29 is 23.1 Å². The lowest BCUT2D eigenvalue weighted by molar-refractivity contribution is -0.148. The molecule has 0 saturated carbocycles. The minimum Gasteiger partial charge on any atom is -0.481 e. The van der Waals surface area contributed by atoms with E-state index in [2.05, 4.69) is 0 Å². The van der Waals surface area contributed by atoms with Gasteiger partial charge in [-0.05, 0) is 51.5 Å². The molecule has 1 aliphatic heterocycles. The normalized spacial score (nSPS) is 18.7. The lowest BCUT2D eigenvalue weighted by atomic mass is 9.75. The van der Waals surface area contributed by atoms with Gasteiger partial charge in [0.05, 0.1) is 11.0 Å². The summed E-state index contributed by atoms with van der Waals surface area (Å²) in [6.07, 6.45) is -4.43. The van der Waals surface area contributed by atoms with Crippen molar-refractivity contribution in [2.75, 3.05) is 11.4 Å². The van der Waals surface area contributed by atoms with Gasteiger partial charge in [-0.2, -0.15) is 13.2 Å². The number of benzene rings is 1. The van der Waals surface area contributed by atoms with Gasteiger partial charge in [-0.1, -0.05) is 0 Å². The van der Waals surface area contributed by atoms with Crippen LogP contribution in [0.2, 0.25) is 0 Å². The monoisotopic (exact) mass is 315 g/mol. The van der Waals surface area contributed by atoms with Crippen molar-refractivity contribution in [2.45, 2.75) is 45.8 Å². The molecule has 122 valence electrons. The number of hydrogen-bond acceptors (Lipinski definition) is 2. The van der Waals surface area contributed by atoms with E-state index in [0.29, 0.717) is 17.8 Å². The highest BCUT2D eigenvalue weighted by Crippen LogP contribution is 2.48. The number of nitrogens with zero attached hydrogens (tertiary/aromatic N) is 1. The van der Waals surface area contributed by atoms with E-state index in [1.165, 1.54) is 6.07 Å².